The molecule has 0 aliphatic heterocycles. The fourth-order valence-corrected chi connectivity index (χ4v) is 4.11. The minimum absolute atomic E-state index is 0.0865. The molecule has 194 valence electrons. The normalized spacial score (nSPS) is 13.6. The highest BCUT2D eigenvalue weighted by atomic mass is 16.5. The second kappa shape index (κ2) is 12.5. The lowest BCUT2D eigenvalue weighted by Gasteiger charge is -2.22. The van der Waals surface area contributed by atoms with E-state index in [1.165, 1.54) is 24.4 Å². The topological polar surface area (TPSA) is 110 Å². The van der Waals surface area contributed by atoms with Crippen molar-refractivity contribution in [3.05, 3.63) is 75.2 Å². The lowest BCUT2D eigenvalue weighted by atomic mass is 9.95. The summed E-state index contributed by atoms with van der Waals surface area (Å²) in [6, 6.07) is 7.45. The number of allylic oxidation sites excluding steroid dienone is 1. The molecule has 1 aromatic heterocycles. The predicted molar refractivity (Wildman–Crippen MR) is 139 cm³/mol. The highest BCUT2D eigenvalue weighted by Crippen LogP contribution is 2.20. The number of para-hydroxylation sites is 1. The molecule has 0 bridgehead atoms. The van der Waals surface area contributed by atoms with Crippen molar-refractivity contribution in [3.63, 3.8) is 0 Å². The van der Waals surface area contributed by atoms with E-state index in [0.29, 0.717) is 18.8 Å². The Kier molecular flexibility index (Phi) is 9.47. The Morgan fingerprint density at radius 3 is 2.42 bits per heavy atom. The van der Waals surface area contributed by atoms with Crippen molar-refractivity contribution in [1.82, 2.24) is 15.2 Å². The van der Waals surface area contributed by atoms with E-state index >= 15 is 0 Å². The summed E-state index contributed by atoms with van der Waals surface area (Å²) < 4.78 is 7.09. The Hall–Kier alpha value is -3.39. The maximum Gasteiger partial charge on any atom is 0.256 e. The number of amides is 2. The molecule has 8 nitrogen and oxygen atoms in total. The molecule has 0 spiro atoms. The summed E-state index contributed by atoms with van der Waals surface area (Å²) in [5.41, 5.74) is 0.786. The van der Waals surface area contributed by atoms with Crippen LogP contribution in [0.3, 0.4) is 0 Å². The first kappa shape index (κ1) is 27.2. The van der Waals surface area contributed by atoms with Crippen LogP contribution in [-0.2, 0) is 6.54 Å². The minimum Gasteiger partial charge on any atom is -0.496 e. The van der Waals surface area contributed by atoms with Gasteiger partial charge < -0.3 is 25.0 Å². The Bertz CT molecular complexity index is 1170. The number of carbonyl (C=O) groups is 2. The van der Waals surface area contributed by atoms with Crippen molar-refractivity contribution in [1.29, 1.82) is 0 Å². The van der Waals surface area contributed by atoms with Crippen molar-refractivity contribution in [2.75, 3.05) is 26.8 Å². The van der Waals surface area contributed by atoms with Crippen molar-refractivity contribution in [3.8, 4) is 5.75 Å². The second-order valence-corrected chi connectivity index (χ2v) is 10.0. The number of rotatable bonds is 11. The molecule has 2 aromatic rings. The average Bonchev–Trinajstić information content (AvgIpc) is 2.89. The third-order valence-corrected chi connectivity index (χ3v) is 6.39. The number of carbonyl (C=O) groups excluding carboxylic acids is 2. The van der Waals surface area contributed by atoms with Gasteiger partial charge in [0, 0.05) is 43.1 Å². The number of ether oxygens (including phenoxy) is 1. The number of aliphatic hydroxyl groups is 1. The van der Waals surface area contributed by atoms with E-state index in [-0.39, 0.29) is 24.3 Å². The average molecular weight is 496 g/mol. The fourth-order valence-electron chi connectivity index (χ4n) is 4.11. The molecular weight excluding hydrogens is 458 g/mol. The molecule has 0 saturated heterocycles. The number of methoxy groups -OCH3 is 1. The first-order chi connectivity index (χ1) is 17.2. The van der Waals surface area contributed by atoms with E-state index in [4.69, 9.17) is 4.74 Å². The third-order valence-electron chi connectivity index (χ3n) is 6.39. The molecule has 0 saturated carbocycles. The van der Waals surface area contributed by atoms with Crippen LogP contribution in [0.15, 0.2) is 53.1 Å². The van der Waals surface area contributed by atoms with Gasteiger partial charge in [0.2, 0.25) is 5.43 Å². The van der Waals surface area contributed by atoms with Crippen molar-refractivity contribution < 1.29 is 19.4 Å². The molecule has 36 heavy (non-hydrogen) atoms. The lowest BCUT2D eigenvalue weighted by molar-refractivity contribution is 0.0909. The van der Waals surface area contributed by atoms with E-state index in [1.54, 1.807) is 25.5 Å². The van der Waals surface area contributed by atoms with Gasteiger partial charge in [0.1, 0.15) is 16.9 Å². The van der Waals surface area contributed by atoms with Crippen LogP contribution in [0.5, 0.6) is 5.75 Å². The van der Waals surface area contributed by atoms with Crippen molar-refractivity contribution in [2.45, 2.75) is 52.5 Å². The summed E-state index contributed by atoms with van der Waals surface area (Å²) in [7, 11) is 1.58. The summed E-state index contributed by atoms with van der Waals surface area (Å²) >= 11 is 0. The first-order valence-corrected chi connectivity index (χ1v) is 12.5. The zero-order chi connectivity index (χ0) is 26.1. The zero-order valence-corrected chi connectivity index (χ0v) is 21.4. The standard InChI is InChI=1S/C28H37N3O5/c1-28(2,19-32)18-30-27(35)23-17-31(15-21-11-7-8-12-24(21)36-3)16-22(25(23)33)26(34)29-14-13-20-9-5-4-6-10-20/h7-9,11-12,16-17,32H,4-6,10,13-15,18-19H2,1-3H3,(H,29,34)(H,30,35). The molecule has 1 aliphatic rings. The van der Waals surface area contributed by atoms with Gasteiger partial charge in [-0.05, 0) is 38.2 Å². The van der Waals surface area contributed by atoms with E-state index in [0.717, 1.165) is 31.2 Å². The van der Waals surface area contributed by atoms with Crippen LogP contribution in [0.2, 0.25) is 0 Å². The Morgan fingerprint density at radius 1 is 1.08 bits per heavy atom. The van der Waals surface area contributed by atoms with Crippen LogP contribution >= 0.6 is 0 Å². The van der Waals surface area contributed by atoms with Crippen LogP contribution < -0.4 is 20.8 Å². The van der Waals surface area contributed by atoms with Crippen LogP contribution in [0.25, 0.3) is 0 Å². The van der Waals surface area contributed by atoms with Crippen molar-refractivity contribution in [2.24, 2.45) is 5.41 Å². The quantitative estimate of drug-likeness (QED) is 0.415. The van der Waals surface area contributed by atoms with Gasteiger partial charge in [-0.3, -0.25) is 14.4 Å². The maximum atomic E-state index is 13.2. The van der Waals surface area contributed by atoms with Gasteiger partial charge in [-0.15, -0.1) is 0 Å². The number of hydrogen-bond acceptors (Lipinski definition) is 5. The summed E-state index contributed by atoms with van der Waals surface area (Å²) in [6.45, 7) is 4.40. The monoisotopic (exact) mass is 495 g/mol. The number of benzene rings is 1. The lowest BCUT2D eigenvalue weighted by Crippen LogP contribution is -2.40. The summed E-state index contributed by atoms with van der Waals surface area (Å²) in [5.74, 6) is -0.425. The fraction of sp³-hybridized carbons (Fsp3) is 0.464. The first-order valence-electron chi connectivity index (χ1n) is 12.5. The minimum atomic E-state index is -0.625. The van der Waals surface area contributed by atoms with Gasteiger partial charge in [0.15, 0.2) is 0 Å². The Morgan fingerprint density at radius 2 is 1.78 bits per heavy atom. The number of aliphatic hydroxyl groups excluding tert-OH is 1. The van der Waals surface area contributed by atoms with Gasteiger partial charge in [-0.2, -0.15) is 0 Å². The van der Waals surface area contributed by atoms with E-state index < -0.39 is 22.7 Å². The summed E-state index contributed by atoms with van der Waals surface area (Å²) in [6.07, 6.45) is 10.4. The molecule has 1 aliphatic carbocycles. The second-order valence-electron chi connectivity index (χ2n) is 10.0. The Labute approximate surface area is 212 Å². The van der Waals surface area contributed by atoms with Crippen LogP contribution in [0, 0.1) is 5.41 Å². The van der Waals surface area contributed by atoms with Gasteiger partial charge in [0.05, 0.1) is 13.7 Å². The maximum absolute atomic E-state index is 13.2. The summed E-state index contributed by atoms with van der Waals surface area (Å²) in [4.78, 5) is 39.2. The number of hydrogen-bond donors (Lipinski definition) is 3. The summed E-state index contributed by atoms with van der Waals surface area (Å²) in [5, 5.41) is 15.1. The Balaban J connectivity index is 1.87. The molecule has 3 N–H and O–H groups in total. The molecule has 8 heteroatoms. The predicted octanol–water partition coefficient (Wildman–Crippen LogP) is 3.27. The van der Waals surface area contributed by atoms with Crippen LogP contribution in [0.1, 0.15) is 72.2 Å². The van der Waals surface area contributed by atoms with Gasteiger partial charge in [0.25, 0.3) is 11.8 Å². The molecule has 0 unspecified atom stereocenters. The van der Waals surface area contributed by atoms with Crippen LogP contribution in [-0.4, -0.2) is 48.3 Å². The van der Waals surface area contributed by atoms with Crippen molar-refractivity contribution >= 4 is 11.8 Å². The van der Waals surface area contributed by atoms with Gasteiger partial charge in [-0.25, -0.2) is 0 Å². The molecule has 3 rings (SSSR count). The van der Waals surface area contributed by atoms with Gasteiger partial charge >= 0.3 is 0 Å². The smallest absolute Gasteiger partial charge is 0.256 e. The molecule has 0 radical (unpaired) electrons. The number of nitrogens with zero attached hydrogens (tertiary/aromatic N) is 1. The molecule has 1 aromatic carbocycles. The molecule has 2 amide bonds. The highest BCUT2D eigenvalue weighted by molar-refractivity contribution is 5.99. The van der Waals surface area contributed by atoms with E-state index in [2.05, 4.69) is 16.7 Å². The van der Waals surface area contributed by atoms with E-state index in [9.17, 15) is 19.5 Å². The molecule has 0 fully saturated rings. The third kappa shape index (κ3) is 7.31. The number of aromatic nitrogens is 1. The zero-order valence-electron chi connectivity index (χ0n) is 21.4. The van der Waals surface area contributed by atoms with Crippen LogP contribution in [0.4, 0.5) is 0 Å². The SMILES string of the molecule is COc1ccccc1Cn1cc(C(=O)NCCC2=CCCCC2)c(=O)c(C(=O)NCC(C)(C)CO)c1. The molecule has 1 heterocycles. The largest absolute Gasteiger partial charge is 0.496 e. The van der Waals surface area contributed by atoms with E-state index in [1.807, 2.05) is 24.3 Å². The molecule has 0 atom stereocenters. The highest BCUT2D eigenvalue weighted by Gasteiger charge is 2.23. The number of pyridine rings is 1. The van der Waals surface area contributed by atoms with Gasteiger partial charge in [-0.1, -0.05) is 43.7 Å². The number of nitrogens with one attached hydrogen (secondary N) is 2. The molecular formula is C28H37N3O5.